The van der Waals surface area contributed by atoms with Crippen LogP contribution in [0.4, 0.5) is 5.82 Å². The van der Waals surface area contributed by atoms with Gasteiger partial charge in [0.25, 0.3) is 0 Å². The van der Waals surface area contributed by atoms with Crippen LogP contribution >= 0.6 is 0 Å². The van der Waals surface area contributed by atoms with Crippen LogP contribution in [0.2, 0.25) is 0 Å². The molecular weight excluding hydrogens is 378 g/mol. The van der Waals surface area contributed by atoms with Crippen LogP contribution in [0.15, 0.2) is 36.4 Å². The quantitative estimate of drug-likeness (QED) is 0.734. The Morgan fingerprint density at radius 3 is 2.50 bits per heavy atom. The van der Waals surface area contributed by atoms with Gasteiger partial charge in [0.15, 0.2) is 5.82 Å². The SMILES string of the molecule is CC(=O)N(C)Cc1cc(N(C)C)nc(C2CCCCN2C(=O)Cc2ccccc2)n1. The van der Waals surface area contributed by atoms with Gasteiger partial charge in [-0.1, -0.05) is 30.3 Å². The summed E-state index contributed by atoms with van der Waals surface area (Å²) >= 11 is 0. The molecule has 1 fully saturated rings. The third kappa shape index (κ3) is 5.34. The number of carbonyl (C=O) groups is 2. The molecule has 1 saturated heterocycles. The third-order valence-electron chi connectivity index (χ3n) is 5.50. The molecule has 0 radical (unpaired) electrons. The number of nitrogens with zero attached hydrogens (tertiary/aromatic N) is 5. The second-order valence-electron chi connectivity index (χ2n) is 8.11. The van der Waals surface area contributed by atoms with Gasteiger partial charge in [-0.15, -0.1) is 0 Å². The zero-order chi connectivity index (χ0) is 21.7. The Morgan fingerprint density at radius 1 is 1.10 bits per heavy atom. The number of amides is 2. The molecular formula is C23H31N5O2. The first-order valence-corrected chi connectivity index (χ1v) is 10.5. The van der Waals surface area contributed by atoms with E-state index in [-0.39, 0.29) is 17.9 Å². The molecule has 0 spiro atoms. The Morgan fingerprint density at radius 2 is 1.83 bits per heavy atom. The van der Waals surface area contributed by atoms with Gasteiger partial charge in [-0.25, -0.2) is 9.97 Å². The fourth-order valence-corrected chi connectivity index (χ4v) is 3.69. The molecule has 1 aliphatic heterocycles. The molecule has 1 aromatic carbocycles. The van der Waals surface area contributed by atoms with Gasteiger partial charge in [0, 0.05) is 40.7 Å². The maximum absolute atomic E-state index is 13.1. The maximum Gasteiger partial charge on any atom is 0.227 e. The van der Waals surface area contributed by atoms with Crippen LogP contribution in [0.1, 0.15) is 49.3 Å². The minimum Gasteiger partial charge on any atom is -0.363 e. The Kier molecular flexibility index (Phi) is 7.03. The highest BCUT2D eigenvalue weighted by molar-refractivity contribution is 5.79. The average Bonchev–Trinajstić information content (AvgIpc) is 2.74. The van der Waals surface area contributed by atoms with Crippen molar-refractivity contribution in [3.05, 3.63) is 53.5 Å². The molecule has 2 amide bonds. The summed E-state index contributed by atoms with van der Waals surface area (Å²) in [6.07, 6.45) is 3.26. The second-order valence-corrected chi connectivity index (χ2v) is 8.11. The predicted octanol–water partition coefficient (Wildman–Crippen LogP) is 2.82. The smallest absolute Gasteiger partial charge is 0.227 e. The molecule has 2 heterocycles. The molecule has 2 aromatic rings. The van der Waals surface area contributed by atoms with Crippen molar-refractivity contribution in [1.82, 2.24) is 19.8 Å². The minimum atomic E-state index is -0.142. The highest BCUT2D eigenvalue weighted by Gasteiger charge is 2.30. The van der Waals surface area contributed by atoms with Crippen molar-refractivity contribution in [3.63, 3.8) is 0 Å². The van der Waals surface area contributed by atoms with E-state index < -0.39 is 0 Å². The number of likely N-dealkylation sites (tertiary alicyclic amines) is 1. The van der Waals surface area contributed by atoms with Crippen molar-refractivity contribution < 1.29 is 9.59 Å². The van der Waals surface area contributed by atoms with Crippen LogP contribution < -0.4 is 4.90 Å². The second kappa shape index (κ2) is 9.69. The summed E-state index contributed by atoms with van der Waals surface area (Å²) < 4.78 is 0. The van der Waals surface area contributed by atoms with Crippen molar-refractivity contribution in [2.45, 2.75) is 45.2 Å². The Bertz CT molecular complexity index is 884. The average molecular weight is 410 g/mol. The highest BCUT2D eigenvalue weighted by atomic mass is 16.2. The number of hydrogen-bond donors (Lipinski definition) is 0. The largest absolute Gasteiger partial charge is 0.363 e. The van der Waals surface area contributed by atoms with Crippen molar-refractivity contribution in [3.8, 4) is 0 Å². The minimum absolute atomic E-state index is 0.0149. The van der Waals surface area contributed by atoms with Crippen LogP contribution in [0.3, 0.4) is 0 Å². The predicted molar refractivity (Wildman–Crippen MR) is 117 cm³/mol. The lowest BCUT2D eigenvalue weighted by atomic mass is 9.99. The highest BCUT2D eigenvalue weighted by Crippen LogP contribution is 2.31. The van der Waals surface area contributed by atoms with E-state index in [2.05, 4.69) is 0 Å². The molecule has 0 saturated carbocycles. The standard InChI is InChI=1S/C23H31N5O2/c1-17(29)27(4)16-19-15-21(26(2)3)25-23(24-19)20-12-8-9-13-28(20)22(30)14-18-10-6-5-7-11-18/h5-7,10-11,15,20H,8-9,12-14,16H2,1-4H3. The van der Waals surface area contributed by atoms with Crippen LogP contribution in [0, 0.1) is 0 Å². The molecule has 0 aliphatic carbocycles. The summed E-state index contributed by atoms with van der Waals surface area (Å²) in [6.45, 7) is 2.67. The Balaban J connectivity index is 1.89. The molecule has 1 unspecified atom stereocenters. The fourth-order valence-electron chi connectivity index (χ4n) is 3.69. The van der Waals surface area contributed by atoms with Crippen molar-refractivity contribution in [2.24, 2.45) is 0 Å². The summed E-state index contributed by atoms with van der Waals surface area (Å²) in [5.74, 6) is 1.54. The Hall–Kier alpha value is -2.96. The van der Waals surface area contributed by atoms with E-state index in [4.69, 9.17) is 9.97 Å². The lowest BCUT2D eigenvalue weighted by Gasteiger charge is -2.35. The number of hydrogen-bond acceptors (Lipinski definition) is 5. The molecule has 0 N–H and O–H groups in total. The summed E-state index contributed by atoms with van der Waals surface area (Å²) in [7, 11) is 5.63. The van der Waals surface area contributed by atoms with E-state index in [0.717, 1.165) is 36.3 Å². The van der Waals surface area contributed by atoms with E-state index in [1.54, 1.807) is 18.9 Å². The number of carbonyl (C=O) groups excluding carboxylic acids is 2. The zero-order valence-electron chi connectivity index (χ0n) is 18.3. The molecule has 0 bridgehead atoms. The van der Waals surface area contributed by atoms with Gasteiger partial charge >= 0.3 is 0 Å². The Labute approximate surface area is 178 Å². The van der Waals surface area contributed by atoms with Crippen LogP contribution in [0.5, 0.6) is 0 Å². The van der Waals surface area contributed by atoms with Gasteiger partial charge in [-0.05, 0) is 24.8 Å². The number of anilines is 1. The van der Waals surface area contributed by atoms with Gasteiger partial charge in [-0.2, -0.15) is 0 Å². The van der Waals surface area contributed by atoms with Crippen molar-refractivity contribution in [1.29, 1.82) is 0 Å². The maximum atomic E-state index is 13.1. The molecule has 30 heavy (non-hydrogen) atoms. The molecule has 7 heteroatoms. The first-order valence-electron chi connectivity index (χ1n) is 10.5. The molecule has 1 aromatic heterocycles. The van der Waals surface area contributed by atoms with Crippen molar-refractivity contribution in [2.75, 3.05) is 32.6 Å². The van der Waals surface area contributed by atoms with Crippen molar-refractivity contribution >= 4 is 17.6 Å². The first kappa shape index (κ1) is 21.7. The van der Waals surface area contributed by atoms with Crippen LogP contribution in [0.25, 0.3) is 0 Å². The molecule has 1 aliphatic rings. The normalized spacial score (nSPS) is 16.3. The monoisotopic (exact) mass is 409 g/mol. The van der Waals surface area contributed by atoms with E-state index in [1.165, 1.54) is 0 Å². The van der Waals surface area contributed by atoms with Crippen LogP contribution in [-0.4, -0.2) is 59.3 Å². The summed E-state index contributed by atoms with van der Waals surface area (Å²) in [4.78, 5) is 39.9. The van der Waals surface area contributed by atoms with Gasteiger partial charge in [0.2, 0.25) is 11.8 Å². The van der Waals surface area contributed by atoms with E-state index >= 15 is 0 Å². The zero-order valence-corrected chi connectivity index (χ0v) is 18.3. The van der Waals surface area contributed by atoms with E-state index in [9.17, 15) is 9.59 Å². The third-order valence-corrected chi connectivity index (χ3v) is 5.50. The number of piperidine rings is 1. The van der Waals surface area contributed by atoms with Crippen LogP contribution in [-0.2, 0) is 22.6 Å². The summed E-state index contributed by atoms with van der Waals surface area (Å²) in [5, 5.41) is 0. The topological polar surface area (TPSA) is 69.6 Å². The summed E-state index contributed by atoms with van der Waals surface area (Å²) in [5.41, 5.74) is 1.79. The van der Waals surface area contributed by atoms with Gasteiger partial charge in [0.1, 0.15) is 5.82 Å². The van der Waals surface area contributed by atoms with Gasteiger partial charge < -0.3 is 14.7 Å². The van der Waals surface area contributed by atoms with Gasteiger partial charge in [-0.3, -0.25) is 9.59 Å². The summed E-state index contributed by atoms with van der Waals surface area (Å²) in [6, 6.07) is 11.6. The number of benzene rings is 1. The van der Waals surface area contributed by atoms with E-state index in [1.807, 2.05) is 60.3 Å². The molecule has 160 valence electrons. The lowest BCUT2D eigenvalue weighted by Crippen LogP contribution is -2.40. The fraction of sp³-hybridized carbons (Fsp3) is 0.478. The van der Waals surface area contributed by atoms with Gasteiger partial charge in [0.05, 0.1) is 24.7 Å². The number of aromatic nitrogens is 2. The molecule has 1 atom stereocenters. The molecule has 7 nitrogen and oxygen atoms in total. The van der Waals surface area contributed by atoms with E-state index in [0.29, 0.717) is 25.3 Å². The first-order chi connectivity index (χ1) is 14.3. The number of rotatable bonds is 6. The lowest BCUT2D eigenvalue weighted by molar-refractivity contribution is -0.134. The molecule has 3 rings (SSSR count).